The standard InChI is InChI=1S/C13H22N2O3/c1-8-11(16)14-13(3,4)12(17)15(8)7-10-5-6-18-9(10)2/h8-10H,5-7H2,1-4H3,(H,14,16). The summed E-state index contributed by atoms with van der Waals surface area (Å²) in [6, 6.07) is -0.390. The minimum absolute atomic E-state index is 0.00583. The summed E-state index contributed by atoms with van der Waals surface area (Å²) in [7, 11) is 0. The minimum atomic E-state index is -0.799. The first-order valence-electron chi connectivity index (χ1n) is 6.57. The van der Waals surface area contributed by atoms with Gasteiger partial charge < -0.3 is 15.0 Å². The van der Waals surface area contributed by atoms with E-state index in [9.17, 15) is 9.59 Å². The van der Waals surface area contributed by atoms with Crippen LogP contribution < -0.4 is 5.32 Å². The Kier molecular flexibility index (Phi) is 3.36. The summed E-state index contributed by atoms with van der Waals surface area (Å²) in [5, 5.41) is 2.76. The lowest BCUT2D eigenvalue weighted by Gasteiger charge is -2.42. The third-order valence-electron chi connectivity index (χ3n) is 4.04. The van der Waals surface area contributed by atoms with E-state index in [4.69, 9.17) is 4.74 Å². The molecule has 2 heterocycles. The number of nitrogens with zero attached hydrogens (tertiary/aromatic N) is 1. The number of ether oxygens (including phenoxy) is 1. The highest BCUT2D eigenvalue weighted by atomic mass is 16.5. The number of hydrogen-bond donors (Lipinski definition) is 1. The average molecular weight is 254 g/mol. The molecule has 0 aromatic rings. The number of rotatable bonds is 2. The van der Waals surface area contributed by atoms with Crippen molar-refractivity contribution in [3.8, 4) is 0 Å². The second kappa shape index (κ2) is 4.53. The summed E-state index contributed by atoms with van der Waals surface area (Å²) in [4.78, 5) is 26.0. The molecule has 0 bridgehead atoms. The van der Waals surface area contributed by atoms with Gasteiger partial charge in [-0.3, -0.25) is 9.59 Å². The van der Waals surface area contributed by atoms with E-state index in [1.165, 1.54) is 0 Å². The van der Waals surface area contributed by atoms with Crippen molar-refractivity contribution in [2.45, 2.75) is 51.8 Å². The quantitative estimate of drug-likeness (QED) is 0.782. The number of carbonyl (C=O) groups excluding carboxylic acids is 2. The Bertz CT molecular complexity index is 367. The van der Waals surface area contributed by atoms with Gasteiger partial charge in [0.25, 0.3) is 0 Å². The number of piperazine rings is 1. The van der Waals surface area contributed by atoms with Gasteiger partial charge in [-0.2, -0.15) is 0 Å². The van der Waals surface area contributed by atoms with Crippen molar-refractivity contribution in [2.24, 2.45) is 5.92 Å². The van der Waals surface area contributed by atoms with Gasteiger partial charge in [0.15, 0.2) is 0 Å². The number of amides is 2. The smallest absolute Gasteiger partial charge is 0.248 e. The third-order valence-corrected chi connectivity index (χ3v) is 4.04. The fraction of sp³-hybridized carbons (Fsp3) is 0.846. The SMILES string of the molecule is CC1OCCC1CN1C(=O)C(C)(C)NC(=O)C1C. The summed E-state index contributed by atoms with van der Waals surface area (Å²) in [6.07, 6.45) is 1.12. The summed E-state index contributed by atoms with van der Waals surface area (Å²) >= 11 is 0. The van der Waals surface area contributed by atoms with Crippen molar-refractivity contribution >= 4 is 11.8 Å². The lowest BCUT2D eigenvalue weighted by Crippen LogP contribution is -2.68. The Labute approximate surface area is 108 Å². The Morgan fingerprint density at radius 1 is 1.39 bits per heavy atom. The van der Waals surface area contributed by atoms with Crippen LogP contribution in [0.5, 0.6) is 0 Å². The molecule has 0 aromatic heterocycles. The molecule has 0 aliphatic carbocycles. The Balaban J connectivity index is 2.13. The van der Waals surface area contributed by atoms with Crippen LogP contribution in [0.1, 0.15) is 34.1 Å². The molecule has 0 aromatic carbocycles. The van der Waals surface area contributed by atoms with Crippen molar-refractivity contribution in [3.05, 3.63) is 0 Å². The monoisotopic (exact) mass is 254 g/mol. The Morgan fingerprint density at radius 3 is 2.61 bits per heavy atom. The lowest BCUT2D eigenvalue weighted by atomic mass is 9.94. The Morgan fingerprint density at radius 2 is 2.06 bits per heavy atom. The summed E-state index contributed by atoms with van der Waals surface area (Å²) in [5.74, 6) is 0.248. The molecule has 2 fully saturated rings. The maximum absolute atomic E-state index is 12.4. The molecule has 0 radical (unpaired) electrons. The molecule has 0 saturated carbocycles. The van der Waals surface area contributed by atoms with Crippen LogP contribution in [0.2, 0.25) is 0 Å². The zero-order valence-electron chi connectivity index (χ0n) is 11.5. The molecule has 2 aliphatic rings. The minimum Gasteiger partial charge on any atom is -0.378 e. The maximum Gasteiger partial charge on any atom is 0.248 e. The number of nitrogens with one attached hydrogen (secondary N) is 1. The van der Waals surface area contributed by atoms with Gasteiger partial charge in [-0.1, -0.05) is 0 Å². The van der Waals surface area contributed by atoms with E-state index in [0.717, 1.165) is 13.0 Å². The van der Waals surface area contributed by atoms with Crippen LogP contribution in [0.25, 0.3) is 0 Å². The fourth-order valence-electron chi connectivity index (χ4n) is 2.65. The summed E-state index contributed by atoms with van der Waals surface area (Å²) < 4.78 is 5.52. The molecule has 5 heteroatoms. The van der Waals surface area contributed by atoms with Crippen LogP contribution in [0.4, 0.5) is 0 Å². The zero-order chi connectivity index (χ0) is 13.5. The second-order valence-electron chi connectivity index (χ2n) is 5.87. The van der Waals surface area contributed by atoms with Crippen LogP contribution in [0.3, 0.4) is 0 Å². The summed E-state index contributed by atoms with van der Waals surface area (Å²) in [6.45, 7) is 8.67. The van der Waals surface area contributed by atoms with Crippen LogP contribution in [-0.4, -0.2) is 47.6 Å². The average Bonchev–Trinajstić information content (AvgIpc) is 2.67. The molecule has 0 spiro atoms. The highest BCUT2D eigenvalue weighted by Gasteiger charge is 2.44. The van der Waals surface area contributed by atoms with Crippen LogP contribution in [-0.2, 0) is 14.3 Å². The molecule has 2 aliphatic heterocycles. The molecule has 3 unspecified atom stereocenters. The molecule has 5 nitrogen and oxygen atoms in total. The number of hydrogen-bond acceptors (Lipinski definition) is 3. The van der Waals surface area contributed by atoms with Crippen molar-refractivity contribution in [3.63, 3.8) is 0 Å². The first-order valence-corrected chi connectivity index (χ1v) is 6.57. The normalized spacial score (nSPS) is 35.8. The highest BCUT2D eigenvalue weighted by Crippen LogP contribution is 2.25. The number of carbonyl (C=O) groups is 2. The largest absolute Gasteiger partial charge is 0.378 e. The van der Waals surface area contributed by atoms with E-state index in [-0.39, 0.29) is 17.9 Å². The molecule has 2 amide bonds. The highest BCUT2D eigenvalue weighted by molar-refractivity contribution is 5.99. The first kappa shape index (κ1) is 13.3. The molecule has 2 saturated heterocycles. The van der Waals surface area contributed by atoms with Gasteiger partial charge in [0.1, 0.15) is 11.6 Å². The van der Waals surface area contributed by atoms with Gasteiger partial charge in [0, 0.05) is 19.1 Å². The van der Waals surface area contributed by atoms with Gasteiger partial charge in [-0.05, 0) is 34.1 Å². The van der Waals surface area contributed by atoms with Crippen molar-refractivity contribution in [2.75, 3.05) is 13.2 Å². The Hall–Kier alpha value is -1.10. The van der Waals surface area contributed by atoms with Gasteiger partial charge in [0.2, 0.25) is 11.8 Å². The third kappa shape index (κ3) is 2.23. The second-order valence-corrected chi connectivity index (χ2v) is 5.87. The molecule has 1 N–H and O–H groups in total. The van der Waals surface area contributed by atoms with Gasteiger partial charge in [-0.25, -0.2) is 0 Å². The topological polar surface area (TPSA) is 58.6 Å². The van der Waals surface area contributed by atoms with Gasteiger partial charge in [0.05, 0.1) is 6.10 Å². The van der Waals surface area contributed by atoms with E-state index in [0.29, 0.717) is 12.5 Å². The predicted molar refractivity (Wildman–Crippen MR) is 66.9 cm³/mol. The van der Waals surface area contributed by atoms with E-state index >= 15 is 0 Å². The first-order chi connectivity index (χ1) is 8.33. The van der Waals surface area contributed by atoms with Gasteiger partial charge in [-0.15, -0.1) is 0 Å². The van der Waals surface area contributed by atoms with E-state index in [1.54, 1.807) is 25.7 Å². The van der Waals surface area contributed by atoms with Gasteiger partial charge >= 0.3 is 0 Å². The van der Waals surface area contributed by atoms with Crippen LogP contribution >= 0.6 is 0 Å². The zero-order valence-corrected chi connectivity index (χ0v) is 11.5. The molecular weight excluding hydrogens is 232 g/mol. The molecule has 2 rings (SSSR count). The van der Waals surface area contributed by atoms with Crippen LogP contribution in [0, 0.1) is 5.92 Å². The van der Waals surface area contributed by atoms with Crippen molar-refractivity contribution in [1.29, 1.82) is 0 Å². The van der Waals surface area contributed by atoms with E-state index in [1.807, 2.05) is 6.92 Å². The predicted octanol–water partition coefficient (Wildman–Crippen LogP) is 0.537. The fourth-order valence-corrected chi connectivity index (χ4v) is 2.65. The lowest BCUT2D eigenvalue weighted by molar-refractivity contribution is -0.153. The molecule has 18 heavy (non-hydrogen) atoms. The molecule has 3 atom stereocenters. The molecule has 102 valence electrons. The molecular formula is C13H22N2O3. The summed E-state index contributed by atoms with van der Waals surface area (Å²) in [5.41, 5.74) is -0.799. The van der Waals surface area contributed by atoms with Crippen molar-refractivity contribution in [1.82, 2.24) is 10.2 Å². The van der Waals surface area contributed by atoms with E-state index < -0.39 is 11.6 Å². The van der Waals surface area contributed by atoms with E-state index in [2.05, 4.69) is 5.32 Å². The van der Waals surface area contributed by atoms with Crippen LogP contribution in [0.15, 0.2) is 0 Å². The van der Waals surface area contributed by atoms with Crippen molar-refractivity contribution < 1.29 is 14.3 Å². The maximum atomic E-state index is 12.4.